The Hall–Kier alpha value is -3.82. The number of phenols is 1. The molecule has 1 aromatic heterocycles. The van der Waals surface area contributed by atoms with Crippen LogP contribution in [0, 0.1) is 0 Å². The van der Waals surface area contributed by atoms with E-state index in [9.17, 15) is 9.90 Å². The lowest BCUT2D eigenvalue weighted by molar-refractivity contribution is -0.118. The summed E-state index contributed by atoms with van der Waals surface area (Å²) in [5.74, 6) is 0.695. The van der Waals surface area contributed by atoms with Gasteiger partial charge in [-0.15, -0.1) is 10.2 Å². The zero-order valence-corrected chi connectivity index (χ0v) is 20.3. The summed E-state index contributed by atoms with van der Waals surface area (Å²) in [4.78, 5) is 12.4. The number of hydrazone groups is 1. The number of rotatable bonds is 9. The van der Waals surface area contributed by atoms with Gasteiger partial charge in [0.25, 0.3) is 5.91 Å². The Kier molecular flexibility index (Phi) is 8.02. The predicted octanol–water partition coefficient (Wildman–Crippen LogP) is 4.93. The quantitative estimate of drug-likeness (QED) is 0.189. The molecule has 2 N–H and O–H groups in total. The first kappa shape index (κ1) is 24.3. The number of aromatic hydroxyl groups is 1. The second kappa shape index (κ2) is 11.5. The molecule has 0 aliphatic carbocycles. The second-order valence-electron chi connectivity index (χ2n) is 7.19. The molecule has 4 rings (SSSR count). The van der Waals surface area contributed by atoms with Crippen molar-refractivity contribution in [3.05, 3.63) is 83.4 Å². The van der Waals surface area contributed by atoms with Crippen molar-refractivity contribution in [2.45, 2.75) is 12.1 Å². The number of phenolic OH excluding ortho intramolecular Hbond substituents is 1. The van der Waals surface area contributed by atoms with Gasteiger partial charge >= 0.3 is 0 Å². The Bertz CT molecular complexity index is 1330. The number of nitrogens with zero attached hydrogens (tertiary/aromatic N) is 4. The SMILES string of the molecule is CCOc1cccc(/C=N\NC(=O)CSc2nnc(-c3ccccc3)n2-c2ccc(Cl)cc2)c1O. The molecule has 8 nitrogen and oxygen atoms in total. The fourth-order valence-corrected chi connectivity index (χ4v) is 4.08. The number of benzene rings is 3. The van der Waals surface area contributed by atoms with Gasteiger partial charge in [0, 0.05) is 21.8 Å². The van der Waals surface area contributed by atoms with Crippen LogP contribution in [0.15, 0.2) is 83.1 Å². The summed E-state index contributed by atoms with van der Waals surface area (Å²) >= 11 is 7.29. The minimum Gasteiger partial charge on any atom is -0.504 e. The molecule has 1 amide bonds. The van der Waals surface area contributed by atoms with E-state index < -0.39 is 0 Å². The molecule has 4 aromatic rings. The predicted molar refractivity (Wildman–Crippen MR) is 138 cm³/mol. The third-order valence-electron chi connectivity index (χ3n) is 4.81. The van der Waals surface area contributed by atoms with Gasteiger partial charge in [-0.05, 0) is 43.3 Å². The summed E-state index contributed by atoms with van der Waals surface area (Å²) < 4.78 is 7.23. The molecule has 0 bridgehead atoms. The molecule has 0 spiro atoms. The van der Waals surface area contributed by atoms with Crippen molar-refractivity contribution in [2.75, 3.05) is 12.4 Å². The van der Waals surface area contributed by atoms with Crippen LogP contribution in [0.4, 0.5) is 0 Å². The number of halogens is 1. The number of hydrogen-bond acceptors (Lipinski definition) is 7. The standard InChI is InChI=1S/C25H22ClN5O3S/c1-2-34-21-10-6-9-18(23(21)33)15-27-28-22(32)16-35-25-30-29-24(17-7-4-3-5-8-17)31(25)20-13-11-19(26)12-14-20/h3-15,33H,2,16H2,1H3,(H,28,32)/b27-15-. The molecule has 0 unspecified atom stereocenters. The summed E-state index contributed by atoms with van der Waals surface area (Å²) in [5, 5.41) is 24.0. The highest BCUT2D eigenvalue weighted by atomic mass is 35.5. The molecule has 0 radical (unpaired) electrons. The number of para-hydroxylation sites is 1. The minimum atomic E-state index is -0.335. The molecule has 3 aromatic carbocycles. The highest BCUT2D eigenvalue weighted by Gasteiger charge is 2.17. The van der Waals surface area contributed by atoms with E-state index in [1.165, 1.54) is 18.0 Å². The Morgan fingerprint density at radius 2 is 1.89 bits per heavy atom. The number of aromatic nitrogens is 3. The van der Waals surface area contributed by atoms with Crippen molar-refractivity contribution in [3.63, 3.8) is 0 Å². The zero-order chi connectivity index (χ0) is 24.6. The van der Waals surface area contributed by atoms with Gasteiger partial charge in [-0.25, -0.2) is 5.43 Å². The van der Waals surface area contributed by atoms with Crippen molar-refractivity contribution in [3.8, 4) is 28.6 Å². The number of amides is 1. The smallest absolute Gasteiger partial charge is 0.250 e. The van der Waals surface area contributed by atoms with Gasteiger partial charge in [0.05, 0.1) is 18.6 Å². The van der Waals surface area contributed by atoms with Gasteiger partial charge < -0.3 is 9.84 Å². The molecular formula is C25H22ClN5O3S. The normalized spacial score (nSPS) is 11.0. The largest absolute Gasteiger partial charge is 0.504 e. The fraction of sp³-hybridized carbons (Fsp3) is 0.120. The van der Waals surface area contributed by atoms with Crippen molar-refractivity contribution in [1.82, 2.24) is 20.2 Å². The number of hydrogen-bond donors (Lipinski definition) is 2. The van der Waals surface area contributed by atoms with Crippen LogP contribution in [0.3, 0.4) is 0 Å². The zero-order valence-electron chi connectivity index (χ0n) is 18.8. The van der Waals surface area contributed by atoms with Crippen LogP contribution in [0.25, 0.3) is 17.1 Å². The van der Waals surface area contributed by atoms with E-state index in [2.05, 4.69) is 20.7 Å². The van der Waals surface area contributed by atoms with Crippen LogP contribution in [0.2, 0.25) is 5.02 Å². The topological polar surface area (TPSA) is 102 Å². The van der Waals surface area contributed by atoms with Gasteiger partial charge in [0.15, 0.2) is 22.5 Å². The van der Waals surface area contributed by atoms with E-state index in [1.807, 2.05) is 54.0 Å². The Balaban J connectivity index is 1.47. The van der Waals surface area contributed by atoms with Crippen molar-refractivity contribution in [1.29, 1.82) is 0 Å². The molecule has 178 valence electrons. The lowest BCUT2D eigenvalue weighted by Gasteiger charge is -2.10. The van der Waals surface area contributed by atoms with Gasteiger partial charge in [-0.1, -0.05) is 59.8 Å². The Morgan fingerprint density at radius 1 is 1.11 bits per heavy atom. The molecule has 35 heavy (non-hydrogen) atoms. The van der Waals surface area contributed by atoms with Gasteiger partial charge in [-0.2, -0.15) is 5.10 Å². The van der Waals surface area contributed by atoms with E-state index in [0.29, 0.717) is 33.9 Å². The molecule has 0 saturated heterocycles. The monoisotopic (exact) mass is 507 g/mol. The van der Waals surface area contributed by atoms with Gasteiger partial charge in [-0.3, -0.25) is 9.36 Å². The molecule has 1 heterocycles. The molecule has 10 heteroatoms. The molecule has 0 aliphatic rings. The van der Waals surface area contributed by atoms with Crippen molar-refractivity contribution < 1.29 is 14.6 Å². The lowest BCUT2D eigenvalue weighted by atomic mass is 10.2. The Labute approximate surface area is 211 Å². The van der Waals surface area contributed by atoms with Crippen LogP contribution in [-0.4, -0.2) is 44.4 Å². The highest BCUT2D eigenvalue weighted by molar-refractivity contribution is 7.99. The second-order valence-corrected chi connectivity index (χ2v) is 8.57. The molecule has 0 aliphatic heterocycles. The minimum absolute atomic E-state index is 0.0359. The fourth-order valence-electron chi connectivity index (χ4n) is 3.21. The molecule has 0 saturated carbocycles. The molecule has 0 atom stereocenters. The third kappa shape index (κ3) is 6.00. The van der Waals surface area contributed by atoms with E-state index in [-0.39, 0.29) is 17.4 Å². The maximum absolute atomic E-state index is 12.4. The number of thioether (sulfide) groups is 1. The first-order chi connectivity index (χ1) is 17.1. The Morgan fingerprint density at radius 3 is 2.63 bits per heavy atom. The summed E-state index contributed by atoms with van der Waals surface area (Å²) in [7, 11) is 0. The van der Waals surface area contributed by atoms with Crippen LogP contribution < -0.4 is 10.2 Å². The number of nitrogens with one attached hydrogen (secondary N) is 1. The van der Waals surface area contributed by atoms with Crippen LogP contribution in [0.5, 0.6) is 11.5 Å². The van der Waals surface area contributed by atoms with Crippen molar-refractivity contribution in [2.24, 2.45) is 5.10 Å². The van der Waals surface area contributed by atoms with Crippen LogP contribution in [-0.2, 0) is 4.79 Å². The van der Waals surface area contributed by atoms with E-state index in [4.69, 9.17) is 16.3 Å². The maximum Gasteiger partial charge on any atom is 0.250 e. The maximum atomic E-state index is 12.4. The van der Waals surface area contributed by atoms with Crippen molar-refractivity contribution >= 4 is 35.5 Å². The third-order valence-corrected chi connectivity index (χ3v) is 5.99. The first-order valence-electron chi connectivity index (χ1n) is 10.7. The van der Waals surface area contributed by atoms with Crippen LogP contribution >= 0.6 is 23.4 Å². The van der Waals surface area contributed by atoms with Crippen LogP contribution in [0.1, 0.15) is 12.5 Å². The number of carbonyl (C=O) groups excluding carboxylic acids is 1. The van der Waals surface area contributed by atoms with E-state index in [0.717, 1.165) is 11.3 Å². The highest BCUT2D eigenvalue weighted by Crippen LogP contribution is 2.29. The van der Waals surface area contributed by atoms with Gasteiger partial charge in [0.1, 0.15) is 0 Å². The average Bonchev–Trinajstić information content (AvgIpc) is 3.30. The van der Waals surface area contributed by atoms with Gasteiger partial charge in [0.2, 0.25) is 0 Å². The molecule has 0 fully saturated rings. The first-order valence-corrected chi connectivity index (χ1v) is 12.1. The summed E-state index contributed by atoms with van der Waals surface area (Å²) in [6.07, 6.45) is 1.37. The van der Waals surface area contributed by atoms with E-state index >= 15 is 0 Å². The molecular weight excluding hydrogens is 486 g/mol. The van der Waals surface area contributed by atoms with E-state index in [1.54, 1.807) is 30.3 Å². The number of ether oxygens (including phenoxy) is 1. The summed E-state index contributed by atoms with van der Waals surface area (Å²) in [6, 6.07) is 22.1. The summed E-state index contributed by atoms with van der Waals surface area (Å²) in [5.41, 5.74) is 4.61. The average molecular weight is 508 g/mol. The lowest BCUT2D eigenvalue weighted by Crippen LogP contribution is -2.20. The number of carbonyl (C=O) groups is 1. The summed E-state index contributed by atoms with van der Waals surface area (Å²) in [6.45, 7) is 2.25.